The molecule has 0 aliphatic rings. The van der Waals surface area contributed by atoms with E-state index in [0.29, 0.717) is 11.8 Å². The highest BCUT2D eigenvalue weighted by Crippen LogP contribution is 2.14. The summed E-state index contributed by atoms with van der Waals surface area (Å²) in [6, 6.07) is 0. The number of nitrogens with zero attached hydrogens (tertiary/aromatic N) is 3. The summed E-state index contributed by atoms with van der Waals surface area (Å²) in [7, 11) is 1.91. The van der Waals surface area contributed by atoms with Gasteiger partial charge in [0.1, 0.15) is 0 Å². The van der Waals surface area contributed by atoms with Crippen molar-refractivity contribution in [3.63, 3.8) is 0 Å². The van der Waals surface area contributed by atoms with Gasteiger partial charge in [-0.25, -0.2) is 0 Å². The zero-order valence-corrected chi connectivity index (χ0v) is 10.2. The third kappa shape index (κ3) is 4.00. The summed E-state index contributed by atoms with van der Waals surface area (Å²) in [6.07, 6.45) is 3.01. The van der Waals surface area contributed by atoms with E-state index in [4.69, 9.17) is 0 Å². The Morgan fingerprint density at radius 3 is 2.67 bits per heavy atom. The van der Waals surface area contributed by atoms with E-state index in [1.54, 1.807) is 4.68 Å². The number of nitrogens with one attached hydrogen (secondary N) is 1. The van der Waals surface area contributed by atoms with Gasteiger partial charge in [0.05, 0.1) is 5.69 Å². The van der Waals surface area contributed by atoms with Crippen LogP contribution in [-0.4, -0.2) is 28.1 Å². The van der Waals surface area contributed by atoms with E-state index in [0.717, 1.165) is 25.2 Å². The van der Waals surface area contributed by atoms with Crippen LogP contribution in [0.3, 0.4) is 0 Å². The third-order valence-corrected chi connectivity index (χ3v) is 2.72. The van der Waals surface area contributed by atoms with Crippen LogP contribution in [0, 0.1) is 11.8 Å². The van der Waals surface area contributed by atoms with E-state index in [2.05, 4.69) is 36.4 Å². The quantitative estimate of drug-likeness (QED) is 0.768. The molecular weight excluding hydrogens is 188 g/mol. The van der Waals surface area contributed by atoms with Crippen molar-refractivity contribution in [1.29, 1.82) is 0 Å². The maximum Gasteiger partial charge on any atom is 0.0830 e. The number of aromatic nitrogens is 3. The smallest absolute Gasteiger partial charge is 0.0830 e. The average molecular weight is 210 g/mol. The predicted octanol–water partition coefficient (Wildman–Crippen LogP) is 1.24. The zero-order valence-electron chi connectivity index (χ0n) is 10.2. The van der Waals surface area contributed by atoms with E-state index >= 15 is 0 Å². The van der Waals surface area contributed by atoms with Gasteiger partial charge in [0.2, 0.25) is 0 Å². The molecule has 1 atom stereocenters. The monoisotopic (exact) mass is 210 g/mol. The summed E-state index contributed by atoms with van der Waals surface area (Å²) in [5.41, 5.74) is 1.09. The fraction of sp³-hybridized carbons (Fsp3) is 0.818. The molecule has 4 heteroatoms. The van der Waals surface area contributed by atoms with Crippen LogP contribution in [0.2, 0.25) is 0 Å². The molecule has 0 aromatic carbocycles. The minimum absolute atomic E-state index is 0.640. The summed E-state index contributed by atoms with van der Waals surface area (Å²) in [4.78, 5) is 0. The van der Waals surface area contributed by atoms with Gasteiger partial charge in [-0.15, -0.1) is 5.10 Å². The normalized spacial score (nSPS) is 13.4. The topological polar surface area (TPSA) is 42.7 Å². The van der Waals surface area contributed by atoms with Crippen molar-refractivity contribution in [1.82, 2.24) is 20.3 Å². The molecule has 1 heterocycles. The molecule has 1 rings (SSSR count). The second-order valence-corrected chi connectivity index (χ2v) is 4.40. The fourth-order valence-electron chi connectivity index (χ4n) is 1.63. The lowest BCUT2D eigenvalue weighted by molar-refractivity contribution is 0.361. The highest BCUT2D eigenvalue weighted by molar-refractivity contribution is 4.94. The van der Waals surface area contributed by atoms with Gasteiger partial charge in [0.25, 0.3) is 0 Å². The van der Waals surface area contributed by atoms with Gasteiger partial charge in [-0.2, -0.15) is 0 Å². The van der Waals surface area contributed by atoms with Crippen LogP contribution in [0.5, 0.6) is 0 Å². The summed E-state index contributed by atoms with van der Waals surface area (Å²) in [5, 5.41) is 11.5. The molecule has 0 aliphatic carbocycles. The number of hydrogen-bond donors (Lipinski definition) is 1. The second-order valence-electron chi connectivity index (χ2n) is 4.40. The summed E-state index contributed by atoms with van der Waals surface area (Å²) >= 11 is 0. The van der Waals surface area contributed by atoms with Gasteiger partial charge in [0.15, 0.2) is 0 Å². The lowest BCUT2D eigenvalue weighted by atomic mass is 9.91. The first-order valence-corrected chi connectivity index (χ1v) is 5.69. The highest BCUT2D eigenvalue weighted by Gasteiger charge is 2.15. The molecule has 4 nitrogen and oxygen atoms in total. The lowest BCUT2D eigenvalue weighted by Gasteiger charge is -2.19. The van der Waals surface area contributed by atoms with Crippen LogP contribution in [0.1, 0.15) is 26.5 Å². The Morgan fingerprint density at radius 2 is 2.20 bits per heavy atom. The van der Waals surface area contributed by atoms with E-state index < -0.39 is 0 Å². The maximum atomic E-state index is 4.13. The maximum absolute atomic E-state index is 4.13. The van der Waals surface area contributed by atoms with Crippen LogP contribution < -0.4 is 5.32 Å². The Morgan fingerprint density at radius 1 is 1.47 bits per heavy atom. The Kier molecular flexibility index (Phi) is 4.75. The molecule has 0 saturated carbocycles. The van der Waals surface area contributed by atoms with Crippen LogP contribution in [0.15, 0.2) is 6.20 Å². The van der Waals surface area contributed by atoms with Gasteiger partial charge < -0.3 is 5.32 Å². The van der Waals surface area contributed by atoms with Crippen LogP contribution in [0.25, 0.3) is 0 Å². The summed E-state index contributed by atoms with van der Waals surface area (Å²) in [6.45, 7) is 8.75. The van der Waals surface area contributed by atoms with Crippen molar-refractivity contribution in [2.75, 3.05) is 13.1 Å². The molecule has 0 saturated heterocycles. The van der Waals surface area contributed by atoms with Gasteiger partial charge >= 0.3 is 0 Å². The highest BCUT2D eigenvalue weighted by atomic mass is 15.4. The van der Waals surface area contributed by atoms with Crippen LogP contribution in [-0.2, 0) is 13.5 Å². The van der Waals surface area contributed by atoms with Crippen molar-refractivity contribution >= 4 is 0 Å². The van der Waals surface area contributed by atoms with E-state index in [1.165, 1.54) is 0 Å². The molecular formula is C11H22N4. The van der Waals surface area contributed by atoms with E-state index in [-0.39, 0.29) is 0 Å². The molecule has 0 radical (unpaired) electrons. The van der Waals surface area contributed by atoms with Crippen LogP contribution in [0.4, 0.5) is 0 Å². The molecule has 0 aliphatic heterocycles. The lowest BCUT2D eigenvalue weighted by Crippen LogP contribution is -2.27. The molecule has 1 aromatic heterocycles. The standard InChI is InChI=1S/C11H22N4/c1-5-12-7-10(9(2)3)6-11-8-15(4)14-13-11/h8-10,12H,5-7H2,1-4H3. The number of rotatable bonds is 6. The van der Waals surface area contributed by atoms with Crippen molar-refractivity contribution in [2.24, 2.45) is 18.9 Å². The first kappa shape index (κ1) is 12.2. The van der Waals surface area contributed by atoms with E-state index in [9.17, 15) is 0 Å². The van der Waals surface area contributed by atoms with Gasteiger partial charge in [-0.3, -0.25) is 4.68 Å². The number of hydrogen-bond acceptors (Lipinski definition) is 3. The van der Waals surface area contributed by atoms with Gasteiger partial charge in [-0.05, 0) is 31.3 Å². The van der Waals surface area contributed by atoms with Gasteiger partial charge in [-0.1, -0.05) is 26.0 Å². The Hall–Kier alpha value is -0.900. The minimum atomic E-state index is 0.640. The molecule has 0 fully saturated rings. The molecule has 1 unspecified atom stereocenters. The molecule has 0 amide bonds. The van der Waals surface area contributed by atoms with Crippen molar-refractivity contribution in [3.05, 3.63) is 11.9 Å². The fourth-order valence-corrected chi connectivity index (χ4v) is 1.63. The Bertz CT molecular complexity index is 280. The predicted molar refractivity (Wildman–Crippen MR) is 61.6 cm³/mol. The second kappa shape index (κ2) is 5.85. The number of aryl methyl sites for hydroxylation is 1. The molecule has 1 aromatic rings. The Balaban J connectivity index is 2.50. The Labute approximate surface area is 92.1 Å². The van der Waals surface area contributed by atoms with Crippen molar-refractivity contribution in [2.45, 2.75) is 27.2 Å². The average Bonchev–Trinajstić information content (AvgIpc) is 2.58. The molecule has 1 N–H and O–H groups in total. The summed E-state index contributed by atoms with van der Waals surface area (Å²) in [5.74, 6) is 1.31. The minimum Gasteiger partial charge on any atom is -0.317 e. The first-order valence-electron chi connectivity index (χ1n) is 5.69. The SMILES string of the molecule is CCNCC(Cc1cn(C)nn1)C(C)C. The van der Waals surface area contributed by atoms with E-state index in [1.807, 2.05) is 13.2 Å². The molecule has 86 valence electrons. The molecule has 0 bridgehead atoms. The largest absolute Gasteiger partial charge is 0.317 e. The zero-order chi connectivity index (χ0) is 11.3. The van der Waals surface area contributed by atoms with Gasteiger partial charge in [0, 0.05) is 13.2 Å². The summed E-state index contributed by atoms with van der Waals surface area (Å²) < 4.78 is 1.76. The van der Waals surface area contributed by atoms with Crippen LogP contribution >= 0.6 is 0 Å². The molecule has 0 spiro atoms. The van der Waals surface area contributed by atoms with Crippen molar-refractivity contribution in [3.8, 4) is 0 Å². The first-order chi connectivity index (χ1) is 7.13. The third-order valence-electron chi connectivity index (χ3n) is 2.72. The molecule has 15 heavy (non-hydrogen) atoms. The van der Waals surface area contributed by atoms with Crippen molar-refractivity contribution < 1.29 is 0 Å².